The number of methoxy groups -OCH3 is 1. The largest absolute Gasteiger partial charge is 0.480 e. The number of nitrogens with zero attached hydrogens (tertiary/aromatic N) is 2. The third-order valence-corrected chi connectivity index (χ3v) is 4.55. The van der Waals surface area contributed by atoms with Crippen LogP contribution in [0.4, 0.5) is 10.5 Å². The van der Waals surface area contributed by atoms with Gasteiger partial charge in [-0.05, 0) is 23.9 Å². The summed E-state index contributed by atoms with van der Waals surface area (Å²) in [5, 5.41) is 2.55. The summed E-state index contributed by atoms with van der Waals surface area (Å²) in [6.45, 7) is 0. The fourth-order valence-electron chi connectivity index (χ4n) is 2.60. The number of imide groups is 1. The number of ether oxygens (including phenoxy) is 1. The molecular weight excluding hydrogens is 356 g/mol. The normalized spacial score (nSPS) is 15.7. The predicted octanol–water partition coefficient (Wildman–Crippen LogP) is 2.80. The van der Waals surface area contributed by atoms with Crippen LogP contribution in [0.2, 0.25) is 0 Å². The van der Waals surface area contributed by atoms with E-state index in [2.05, 4.69) is 15.3 Å². The summed E-state index contributed by atoms with van der Waals surface area (Å²) in [6.07, 6.45) is 6.43. The number of anilines is 1. The molecule has 0 radical (unpaired) electrons. The van der Waals surface area contributed by atoms with Gasteiger partial charge in [0.15, 0.2) is 0 Å². The first kappa shape index (κ1) is 16.2. The number of amides is 2. The zero-order valence-electron chi connectivity index (χ0n) is 13.5. The van der Waals surface area contributed by atoms with Gasteiger partial charge in [-0.1, -0.05) is 0 Å². The van der Waals surface area contributed by atoms with Crippen molar-refractivity contribution in [2.24, 2.45) is 0 Å². The Balaban J connectivity index is 1.79. The number of nitrogens with two attached hydrogens (primary N) is 1. The van der Waals surface area contributed by atoms with Gasteiger partial charge < -0.3 is 14.9 Å². The van der Waals surface area contributed by atoms with Crippen LogP contribution in [0.5, 0.6) is 5.88 Å². The van der Waals surface area contributed by atoms with Crippen molar-refractivity contribution in [3.8, 4) is 17.0 Å². The average Bonchev–Trinajstić information content (AvgIpc) is 3.16. The Morgan fingerprint density at radius 2 is 2.12 bits per heavy atom. The minimum Gasteiger partial charge on any atom is -0.480 e. The van der Waals surface area contributed by atoms with Crippen LogP contribution in [0.1, 0.15) is 5.76 Å². The lowest BCUT2D eigenvalue weighted by molar-refractivity contribution is -0.115. The van der Waals surface area contributed by atoms with E-state index < -0.39 is 11.1 Å². The molecule has 26 heavy (non-hydrogen) atoms. The molecule has 0 atom stereocenters. The fraction of sp³-hybridized carbons (Fsp3) is 0.0588. The minimum atomic E-state index is -0.439. The number of hydrogen-bond acceptors (Lipinski definition) is 8. The zero-order valence-corrected chi connectivity index (χ0v) is 14.3. The topological polar surface area (TPSA) is 120 Å². The number of aromatic nitrogens is 2. The second kappa shape index (κ2) is 6.19. The first-order valence-electron chi connectivity index (χ1n) is 7.47. The third kappa shape index (κ3) is 2.78. The van der Waals surface area contributed by atoms with Gasteiger partial charge in [-0.3, -0.25) is 19.9 Å². The highest BCUT2D eigenvalue weighted by Crippen LogP contribution is 2.34. The van der Waals surface area contributed by atoms with E-state index in [1.807, 2.05) is 0 Å². The summed E-state index contributed by atoms with van der Waals surface area (Å²) >= 11 is 0.831. The van der Waals surface area contributed by atoms with Crippen LogP contribution in [-0.2, 0) is 4.79 Å². The molecule has 3 N–H and O–H groups in total. The number of furan rings is 1. The smallest absolute Gasteiger partial charge is 0.290 e. The van der Waals surface area contributed by atoms with Crippen molar-refractivity contribution in [1.29, 1.82) is 0 Å². The first-order valence-corrected chi connectivity index (χ1v) is 8.29. The van der Waals surface area contributed by atoms with Gasteiger partial charge >= 0.3 is 0 Å². The van der Waals surface area contributed by atoms with Gasteiger partial charge in [-0.15, -0.1) is 0 Å². The van der Waals surface area contributed by atoms with E-state index in [-0.39, 0.29) is 4.91 Å². The third-order valence-electron chi connectivity index (χ3n) is 3.74. The molecule has 2 amide bonds. The Morgan fingerprint density at radius 1 is 1.27 bits per heavy atom. The van der Waals surface area contributed by atoms with Gasteiger partial charge in [0.05, 0.1) is 17.7 Å². The lowest BCUT2D eigenvalue weighted by atomic mass is 10.1. The summed E-state index contributed by atoms with van der Waals surface area (Å²) in [5.74, 6) is 0.342. The maximum Gasteiger partial charge on any atom is 0.290 e. The molecule has 0 aliphatic carbocycles. The number of nitrogens with one attached hydrogen (secondary N) is 1. The molecule has 3 aromatic heterocycles. The molecule has 8 nitrogen and oxygen atoms in total. The van der Waals surface area contributed by atoms with Gasteiger partial charge in [0.25, 0.3) is 11.1 Å². The summed E-state index contributed by atoms with van der Waals surface area (Å²) in [6, 6.07) is 3.47. The summed E-state index contributed by atoms with van der Waals surface area (Å²) in [7, 11) is 1.49. The van der Waals surface area contributed by atoms with Crippen LogP contribution in [-0.4, -0.2) is 28.2 Å². The molecule has 4 rings (SSSR count). The maximum absolute atomic E-state index is 11.7. The van der Waals surface area contributed by atoms with Crippen LogP contribution in [0.25, 0.3) is 28.2 Å². The highest BCUT2D eigenvalue weighted by Gasteiger charge is 2.25. The quantitative estimate of drug-likeness (QED) is 0.677. The zero-order chi connectivity index (χ0) is 18.3. The number of thioether (sulfide) groups is 1. The summed E-state index contributed by atoms with van der Waals surface area (Å²) < 4.78 is 10.9. The van der Waals surface area contributed by atoms with Crippen LogP contribution >= 0.6 is 11.8 Å². The average molecular weight is 368 g/mol. The molecule has 0 saturated carbocycles. The Kier molecular flexibility index (Phi) is 3.85. The van der Waals surface area contributed by atoms with E-state index in [1.54, 1.807) is 30.7 Å². The Labute approximate surface area is 151 Å². The molecule has 9 heteroatoms. The van der Waals surface area contributed by atoms with E-state index in [1.165, 1.54) is 13.2 Å². The second-order valence-corrected chi connectivity index (χ2v) is 6.44. The minimum absolute atomic E-state index is 0.277. The van der Waals surface area contributed by atoms with Crippen molar-refractivity contribution in [3.05, 3.63) is 41.4 Å². The Bertz CT molecular complexity index is 1090. The molecule has 1 saturated heterocycles. The van der Waals surface area contributed by atoms with Gasteiger partial charge in [0.1, 0.15) is 11.3 Å². The summed E-state index contributed by atoms with van der Waals surface area (Å²) in [4.78, 5) is 31.6. The Morgan fingerprint density at radius 3 is 2.81 bits per heavy atom. The predicted molar refractivity (Wildman–Crippen MR) is 97.3 cm³/mol. The van der Waals surface area contributed by atoms with E-state index in [9.17, 15) is 9.59 Å². The first-order chi connectivity index (χ1) is 12.5. The van der Waals surface area contributed by atoms with E-state index in [4.69, 9.17) is 14.9 Å². The fourth-order valence-corrected chi connectivity index (χ4v) is 3.26. The van der Waals surface area contributed by atoms with E-state index in [0.717, 1.165) is 22.7 Å². The lowest BCUT2D eigenvalue weighted by Gasteiger charge is -2.06. The van der Waals surface area contributed by atoms with Crippen LogP contribution < -0.4 is 15.8 Å². The monoisotopic (exact) mass is 368 g/mol. The van der Waals surface area contributed by atoms with Gasteiger partial charge in [0.2, 0.25) is 5.88 Å². The number of fused-ring (bicyclic) bond motifs is 1. The van der Waals surface area contributed by atoms with Crippen molar-refractivity contribution >= 4 is 45.6 Å². The van der Waals surface area contributed by atoms with Crippen molar-refractivity contribution in [1.82, 2.24) is 15.3 Å². The van der Waals surface area contributed by atoms with Crippen molar-refractivity contribution in [2.75, 3.05) is 12.8 Å². The molecule has 3 aromatic rings. The molecule has 0 unspecified atom stereocenters. The highest BCUT2D eigenvalue weighted by atomic mass is 32.2. The number of carbonyl (C=O) groups is 2. The number of pyridine rings is 2. The molecule has 0 aromatic carbocycles. The molecule has 4 heterocycles. The lowest BCUT2D eigenvalue weighted by Crippen LogP contribution is -2.17. The van der Waals surface area contributed by atoms with E-state index >= 15 is 0 Å². The second-order valence-electron chi connectivity index (χ2n) is 5.43. The molecule has 1 aliphatic heterocycles. The van der Waals surface area contributed by atoms with Crippen molar-refractivity contribution in [3.63, 3.8) is 0 Å². The molecule has 0 bridgehead atoms. The number of carbonyl (C=O) groups excluding carboxylic acids is 2. The summed E-state index contributed by atoms with van der Waals surface area (Å²) in [5.41, 5.74) is 8.32. The molecular formula is C17H12N4O4S. The Hall–Kier alpha value is -3.33. The van der Waals surface area contributed by atoms with Crippen LogP contribution in [0.15, 0.2) is 40.0 Å². The number of nitrogen functional groups attached to an aromatic ring is 1. The van der Waals surface area contributed by atoms with Crippen molar-refractivity contribution in [2.45, 2.75) is 0 Å². The maximum atomic E-state index is 11.7. The number of rotatable bonds is 3. The van der Waals surface area contributed by atoms with Crippen LogP contribution in [0.3, 0.4) is 0 Å². The molecule has 130 valence electrons. The van der Waals surface area contributed by atoms with Crippen LogP contribution in [0, 0.1) is 0 Å². The molecule has 1 aliphatic rings. The standard InChI is InChI=1S/C17H12N4O4S/c1-24-16-12(18)3-8(6-20-16)11-7-19-5-9-2-10(25-14(9)11)4-13-15(22)21-17(23)26-13/h2-7H,18H2,1H3,(H,21,22,23)/b13-4-. The highest BCUT2D eigenvalue weighted by molar-refractivity contribution is 8.18. The number of hydrogen-bond donors (Lipinski definition) is 2. The molecule has 0 spiro atoms. The van der Waals surface area contributed by atoms with Gasteiger partial charge in [0, 0.05) is 41.2 Å². The SMILES string of the molecule is COc1ncc(-c2cncc3cc(/C=C4\SC(=O)NC4=O)oc23)cc1N. The molecule has 1 fully saturated rings. The van der Waals surface area contributed by atoms with Gasteiger partial charge in [-0.2, -0.15) is 0 Å². The van der Waals surface area contributed by atoms with Gasteiger partial charge in [-0.25, -0.2) is 4.98 Å². The van der Waals surface area contributed by atoms with E-state index in [0.29, 0.717) is 28.5 Å². The van der Waals surface area contributed by atoms with Crippen molar-refractivity contribution < 1.29 is 18.7 Å².